The quantitative estimate of drug-likeness (QED) is 0.377. The van der Waals surface area contributed by atoms with Gasteiger partial charge in [0, 0.05) is 26.2 Å². The van der Waals surface area contributed by atoms with Crippen LogP contribution in [0.5, 0.6) is 0 Å². The molecule has 88 valence electrons. The molecule has 0 saturated carbocycles. The van der Waals surface area contributed by atoms with Crippen molar-refractivity contribution >= 4 is 11.4 Å². The molecule has 1 rings (SSSR count). The Bertz CT molecular complexity index is 368. The van der Waals surface area contributed by atoms with Crippen molar-refractivity contribution in [3.05, 3.63) is 33.9 Å². The summed E-state index contributed by atoms with van der Waals surface area (Å²) in [6.07, 6.45) is 0. The van der Waals surface area contributed by atoms with Crippen LogP contribution in [0.1, 0.15) is 5.56 Å². The van der Waals surface area contributed by atoms with Gasteiger partial charge in [-0.25, -0.2) is 0 Å². The zero-order chi connectivity index (χ0) is 12.0. The van der Waals surface area contributed by atoms with E-state index in [0.29, 0.717) is 18.8 Å². The third-order valence-corrected chi connectivity index (χ3v) is 2.15. The predicted molar refractivity (Wildman–Crippen MR) is 61.4 cm³/mol. The normalized spacial score (nSPS) is 10.1. The standard InChI is InChI=1S/C10H15N3O3/c1-11-9-3-2-8(7-12-4-5-14)6-10(9)13(15)16/h2-3,6,11-12,14H,4-5,7H2,1H3. The van der Waals surface area contributed by atoms with Crippen LogP contribution in [0, 0.1) is 10.1 Å². The number of nitro groups is 1. The van der Waals surface area contributed by atoms with Crippen LogP contribution in [0.3, 0.4) is 0 Å². The van der Waals surface area contributed by atoms with E-state index in [1.54, 1.807) is 13.1 Å². The first kappa shape index (κ1) is 12.4. The lowest BCUT2D eigenvalue weighted by Crippen LogP contribution is -2.17. The molecule has 0 aromatic heterocycles. The minimum atomic E-state index is -0.415. The van der Waals surface area contributed by atoms with Crippen LogP contribution in [0.15, 0.2) is 18.2 Å². The Kier molecular flexibility index (Phi) is 4.68. The van der Waals surface area contributed by atoms with E-state index in [1.807, 2.05) is 6.07 Å². The highest BCUT2D eigenvalue weighted by Gasteiger charge is 2.12. The molecule has 0 aliphatic rings. The lowest BCUT2D eigenvalue weighted by molar-refractivity contribution is -0.384. The van der Waals surface area contributed by atoms with E-state index in [2.05, 4.69) is 10.6 Å². The maximum atomic E-state index is 10.8. The van der Waals surface area contributed by atoms with Crippen molar-refractivity contribution < 1.29 is 10.0 Å². The van der Waals surface area contributed by atoms with Crippen molar-refractivity contribution in [2.75, 3.05) is 25.5 Å². The highest BCUT2D eigenvalue weighted by atomic mass is 16.6. The monoisotopic (exact) mass is 225 g/mol. The van der Waals surface area contributed by atoms with Crippen LogP contribution in [-0.4, -0.2) is 30.2 Å². The lowest BCUT2D eigenvalue weighted by Gasteiger charge is -2.06. The van der Waals surface area contributed by atoms with Gasteiger partial charge in [0.05, 0.1) is 11.5 Å². The van der Waals surface area contributed by atoms with Gasteiger partial charge in [0.25, 0.3) is 5.69 Å². The Balaban J connectivity index is 2.81. The minimum absolute atomic E-state index is 0.0523. The summed E-state index contributed by atoms with van der Waals surface area (Å²) in [5.41, 5.74) is 1.38. The lowest BCUT2D eigenvalue weighted by atomic mass is 10.1. The second-order valence-corrected chi connectivity index (χ2v) is 3.26. The molecule has 0 heterocycles. The van der Waals surface area contributed by atoms with Gasteiger partial charge in [-0.1, -0.05) is 6.07 Å². The number of rotatable bonds is 6. The molecule has 6 nitrogen and oxygen atoms in total. The molecule has 0 atom stereocenters. The van der Waals surface area contributed by atoms with Crippen LogP contribution in [-0.2, 0) is 6.54 Å². The van der Waals surface area contributed by atoms with E-state index in [0.717, 1.165) is 5.56 Å². The molecule has 0 saturated heterocycles. The first-order valence-electron chi connectivity index (χ1n) is 4.95. The van der Waals surface area contributed by atoms with E-state index in [-0.39, 0.29) is 12.3 Å². The van der Waals surface area contributed by atoms with Crippen molar-refractivity contribution in [2.45, 2.75) is 6.54 Å². The van der Waals surface area contributed by atoms with E-state index in [9.17, 15) is 10.1 Å². The second-order valence-electron chi connectivity index (χ2n) is 3.26. The number of nitro benzene ring substituents is 1. The summed E-state index contributed by atoms with van der Waals surface area (Å²) in [4.78, 5) is 10.4. The number of nitrogens with zero attached hydrogens (tertiary/aromatic N) is 1. The summed E-state index contributed by atoms with van der Waals surface area (Å²) in [6.45, 7) is 1.03. The fourth-order valence-corrected chi connectivity index (χ4v) is 1.36. The first-order chi connectivity index (χ1) is 7.69. The smallest absolute Gasteiger partial charge is 0.292 e. The summed E-state index contributed by atoms with van der Waals surface area (Å²) < 4.78 is 0. The number of benzene rings is 1. The molecule has 0 spiro atoms. The number of aliphatic hydroxyl groups is 1. The average Bonchev–Trinajstić information content (AvgIpc) is 2.29. The molecular weight excluding hydrogens is 210 g/mol. The molecule has 0 aliphatic carbocycles. The Hall–Kier alpha value is -1.66. The van der Waals surface area contributed by atoms with Gasteiger partial charge in [0.2, 0.25) is 0 Å². The SMILES string of the molecule is CNc1ccc(CNCCO)cc1[N+](=O)[O-]. The molecule has 0 aliphatic heterocycles. The van der Waals surface area contributed by atoms with E-state index >= 15 is 0 Å². The average molecular weight is 225 g/mol. The number of hydrogen-bond donors (Lipinski definition) is 3. The first-order valence-corrected chi connectivity index (χ1v) is 4.95. The third-order valence-electron chi connectivity index (χ3n) is 2.15. The van der Waals surface area contributed by atoms with E-state index < -0.39 is 4.92 Å². The van der Waals surface area contributed by atoms with Crippen molar-refractivity contribution in [1.29, 1.82) is 0 Å². The molecule has 0 amide bonds. The van der Waals surface area contributed by atoms with Crippen molar-refractivity contribution in [3.8, 4) is 0 Å². The van der Waals surface area contributed by atoms with Gasteiger partial charge in [-0.3, -0.25) is 10.1 Å². The second kappa shape index (κ2) is 6.04. The minimum Gasteiger partial charge on any atom is -0.395 e. The van der Waals surface area contributed by atoms with Gasteiger partial charge >= 0.3 is 0 Å². The molecule has 1 aromatic carbocycles. The highest BCUT2D eigenvalue weighted by Crippen LogP contribution is 2.24. The molecule has 0 bridgehead atoms. The fraction of sp³-hybridized carbons (Fsp3) is 0.400. The molecule has 0 radical (unpaired) electrons. The molecular formula is C10H15N3O3. The van der Waals surface area contributed by atoms with Crippen LogP contribution in [0.25, 0.3) is 0 Å². The highest BCUT2D eigenvalue weighted by molar-refractivity contribution is 5.62. The molecule has 1 aromatic rings. The molecule has 3 N–H and O–H groups in total. The Morgan fingerprint density at radius 3 is 2.81 bits per heavy atom. The Labute approximate surface area is 93.4 Å². The van der Waals surface area contributed by atoms with Crippen LogP contribution < -0.4 is 10.6 Å². The summed E-state index contributed by atoms with van der Waals surface area (Å²) >= 11 is 0. The van der Waals surface area contributed by atoms with E-state index in [1.165, 1.54) is 6.07 Å². The fourth-order valence-electron chi connectivity index (χ4n) is 1.36. The summed E-state index contributed by atoms with van der Waals surface area (Å²) in [5.74, 6) is 0. The molecule has 0 fully saturated rings. The van der Waals surface area contributed by atoms with Crippen LogP contribution in [0.4, 0.5) is 11.4 Å². The number of hydrogen-bond acceptors (Lipinski definition) is 5. The van der Waals surface area contributed by atoms with Gasteiger partial charge in [-0.05, 0) is 11.6 Å². The van der Waals surface area contributed by atoms with Gasteiger partial charge in [-0.2, -0.15) is 0 Å². The summed E-state index contributed by atoms with van der Waals surface area (Å²) in [6, 6.07) is 5.01. The van der Waals surface area contributed by atoms with Crippen LogP contribution >= 0.6 is 0 Å². The third kappa shape index (κ3) is 3.18. The van der Waals surface area contributed by atoms with Crippen molar-refractivity contribution in [2.24, 2.45) is 0 Å². The Morgan fingerprint density at radius 2 is 2.25 bits per heavy atom. The van der Waals surface area contributed by atoms with Gasteiger partial charge in [0.15, 0.2) is 0 Å². The van der Waals surface area contributed by atoms with Crippen LogP contribution in [0.2, 0.25) is 0 Å². The molecule has 0 unspecified atom stereocenters. The van der Waals surface area contributed by atoms with Gasteiger partial charge < -0.3 is 15.7 Å². The number of aliphatic hydroxyl groups excluding tert-OH is 1. The molecule has 16 heavy (non-hydrogen) atoms. The topological polar surface area (TPSA) is 87.4 Å². The number of anilines is 1. The largest absolute Gasteiger partial charge is 0.395 e. The van der Waals surface area contributed by atoms with Gasteiger partial charge in [-0.15, -0.1) is 0 Å². The summed E-state index contributed by atoms with van der Waals surface area (Å²) in [7, 11) is 1.64. The maximum absolute atomic E-state index is 10.8. The van der Waals surface area contributed by atoms with Crippen molar-refractivity contribution in [3.63, 3.8) is 0 Å². The van der Waals surface area contributed by atoms with Gasteiger partial charge in [0.1, 0.15) is 5.69 Å². The zero-order valence-electron chi connectivity index (χ0n) is 9.06. The van der Waals surface area contributed by atoms with E-state index in [4.69, 9.17) is 5.11 Å². The number of nitrogens with one attached hydrogen (secondary N) is 2. The zero-order valence-corrected chi connectivity index (χ0v) is 9.06. The molecule has 6 heteroatoms. The Morgan fingerprint density at radius 1 is 1.50 bits per heavy atom. The summed E-state index contributed by atoms with van der Waals surface area (Å²) in [5, 5.41) is 25.1. The maximum Gasteiger partial charge on any atom is 0.292 e. The van der Waals surface area contributed by atoms with Crippen molar-refractivity contribution in [1.82, 2.24) is 5.32 Å². The predicted octanol–water partition coefficient (Wildman–Crippen LogP) is 0.718.